The Balaban J connectivity index is 0.00000338. The summed E-state index contributed by atoms with van der Waals surface area (Å²) in [5.74, 6) is 0.872. The van der Waals surface area contributed by atoms with Crippen molar-refractivity contribution in [3.63, 3.8) is 0 Å². The van der Waals surface area contributed by atoms with E-state index in [1.165, 1.54) is 17.5 Å². The van der Waals surface area contributed by atoms with Crippen LogP contribution in [0.3, 0.4) is 0 Å². The van der Waals surface area contributed by atoms with E-state index in [0.717, 1.165) is 45.1 Å². The summed E-state index contributed by atoms with van der Waals surface area (Å²) in [5.41, 5.74) is 2.77. The van der Waals surface area contributed by atoms with Crippen molar-refractivity contribution in [1.82, 2.24) is 15.5 Å². The summed E-state index contributed by atoms with van der Waals surface area (Å²) < 4.78 is 5.43. The molecule has 0 saturated carbocycles. The van der Waals surface area contributed by atoms with E-state index in [1.54, 1.807) is 7.11 Å². The molecular weight excluding hydrogens is 439 g/mol. The monoisotopic (exact) mass is 474 g/mol. The molecule has 1 heterocycles. The Kier molecular flexibility index (Phi) is 10.5. The molecule has 1 aromatic carbocycles. The molecule has 0 atom stereocenters. The van der Waals surface area contributed by atoms with Crippen LogP contribution in [0.2, 0.25) is 0 Å². The van der Waals surface area contributed by atoms with Gasteiger partial charge in [0.25, 0.3) is 0 Å². The van der Waals surface area contributed by atoms with Gasteiger partial charge in [0.2, 0.25) is 0 Å². The van der Waals surface area contributed by atoms with E-state index in [2.05, 4.69) is 51.7 Å². The number of rotatable bonds is 8. The van der Waals surface area contributed by atoms with Gasteiger partial charge in [-0.05, 0) is 44.7 Å². The second-order valence-corrected chi connectivity index (χ2v) is 7.23. The van der Waals surface area contributed by atoms with Crippen LogP contribution in [0.5, 0.6) is 0 Å². The number of aliphatic imine (C=N–C) groups is 1. The number of hydrogen-bond donors (Lipinski definition) is 2. The number of guanidine groups is 1. The van der Waals surface area contributed by atoms with E-state index in [-0.39, 0.29) is 29.6 Å². The minimum atomic E-state index is -0.233. The van der Waals surface area contributed by atoms with Gasteiger partial charge in [0, 0.05) is 39.8 Å². The number of methoxy groups -OCH3 is 1. The van der Waals surface area contributed by atoms with Crippen LogP contribution in [0.4, 0.5) is 0 Å². The van der Waals surface area contributed by atoms with Crippen LogP contribution < -0.4 is 10.6 Å². The maximum atomic E-state index is 5.43. The maximum Gasteiger partial charge on any atom is 0.191 e. The Morgan fingerprint density at radius 2 is 1.96 bits per heavy atom. The lowest BCUT2D eigenvalue weighted by atomic mass is 10.00. The number of ether oxygens (including phenoxy) is 1. The van der Waals surface area contributed by atoms with Crippen molar-refractivity contribution in [2.75, 3.05) is 39.8 Å². The summed E-state index contributed by atoms with van der Waals surface area (Å²) in [5, 5.41) is 6.73. The summed E-state index contributed by atoms with van der Waals surface area (Å²) >= 11 is 0. The third kappa shape index (κ3) is 7.80. The van der Waals surface area contributed by atoms with Gasteiger partial charge >= 0.3 is 0 Å². The fourth-order valence-corrected chi connectivity index (χ4v) is 2.93. The molecule has 0 aromatic heterocycles. The third-order valence-electron chi connectivity index (χ3n) is 4.67. The highest BCUT2D eigenvalue weighted by Gasteiger charge is 2.16. The average molecular weight is 474 g/mol. The van der Waals surface area contributed by atoms with Gasteiger partial charge in [0.1, 0.15) is 0 Å². The predicted octanol–water partition coefficient (Wildman–Crippen LogP) is 3.03. The molecule has 0 bridgehead atoms. The standard InChI is InChI=1S/C20H34N4O.HI/c1-5-21-19(23-16-20(2,3)25-4)22-12-8-13-24-14-11-17-9-6-7-10-18(17)15-24;/h6-7,9-10H,5,8,11-16H2,1-4H3,(H2,21,22,23);1H. The lowest BCUT2D eigenvalue weighted by Gasteiger charge is -2.28. The summed E-state index contributed by atoms with van der Waals surface area (Å²) in [6.45, 7) is 12.0. The zero-order chi connectivity index (χ0) is 18.1. The first-order valence-electron chi connectivity index (χ1n) is 9.40. The molecule has 2 N–H and O–H groups in total. The van der Waals surface area contributed by atoms with Crippen LogP contribution in [0, 0.1) is 0 Å². The first-order valence-corrected chi connectivity index (χ1v) is 9.40. The Hall–Kier alpha value is -0.860. The van der Waals surface area contributed by atoms with E-state index in [9.17, 15) is 0 Å². The molecule has 6 heteroatoms. The van der Waals surface area contributed by atoms with Gasteiger partial charge in [-0.3, -0.25) is 9.89 Å². The number of benzene rings is 1. The van der Waals surface area contributed by atoms with Gasteiger partial charge in [-0.25, -0.2) is 0 Å². The molecule has 0 spiro atoms. The topological polar surface area (TPSA) is 48.9 Å². The highest BCUT2D eigenvalue weighted by atomic mass is 127. The van der Waals surface area contributed by atoms with E-state index in [1.807, 2.05) is 13.8 Å². The molecule has 2 rings (SSSR count). The van der Waals surface area contributed by atoms with Crippen molar-refractivity contribution in [2.24, 2.45) is 4.99 Å². The summed E-state index contributed by atoms with van der Waals surface area (Å²) in [7, 11) is 1.73. The van der Waals surface area contributed by atoms with Crippen LogP contribution in [0.1, 0.15) is 38.3 Å². The second kappa shape index (κ2) is 11.8. The largest absolute Gasteiger partial charge is 0.377 e. The molecule has 0 saturated heterocycles. The van der Waals surface area contributed by atoms with Gasteiger partial charge < -0.3 is 15.4 Å². The Morgan fingerprint density at radius 3 is 2.65 bits per heavy atom. The van der Waals surface area contributed by atoms with E-state index < -0.39 is 0 Å². The predicted molar refractivity (Wildman–Crippen MR) is 121 cm³/mol. The van der Waals surface area contributed by atoms with Crippen LogP contribution in [0.15, 0.2) is 29.3 Å². The number of fused-ring (bicyclic) bond motifs is 1. The molecule has 0 aliphatic carbocycles. The third-order valence-corrected chi connectivity index (χ3v) is 4.67. The Morgan fingerprint density at radius 1 is 1.23 bits per heavy atom. The van der Waals surface area contributed by atoms with Crippen LogP contribution >= 0.6 is 24.0 Å². The normalized spacial score (nSPS) is 15.2. The van der Waals surface area contributed by atoms with Crippen LogP contribution in [-0.4, -0.2) is 56.3 Å². The summed E-state index contributed by atoms with van der Waals surface area (Å²) in [6, 6.07) is 8.80. The number of hydrogen-bond acceptors (Lipinski definition) is 3. The SMILES string of the molecule is CCNC(=NCC(C)(C)OC)NCCCN1CCc2ccccc2C1.I. The molecule has 0 fully saturated rings. The molecule has 0 unspecified atom stereocenters. The maximum absolute atomic E-state index is 5.43. The molecule has 1 aliphatic heterocycles. The highest BCUT2D eigenvalue weighted by molar-refractivity contribution is 14.0. The van der Waals surface area contributed by atoms with Crippen molar-refractivity contribution in [2.45, 2.75) is 45.8 Å². The molecule has 1 aromatic rings. The minimum Gasteiger partial charge on any atom is -0.377 e. The molecule has 1 aliphatic rings. The Labute approximate surface area is 176 Å². The highest BCUT2D eigenvalue weighted by Crippen LogP contribution is 2.18. The van der Waals surface area contributed by atoms with Crippen LogP contribution in [-0.2, 0) is 17.7 Å². The van der Waals surface area contributed by atoms with Gasteiger partial charge in [0.05, 0.1) is 12.1 Å². The lowest BCUT2D eigenvalue weighted by Crippen LogP contribution is -2.40. The van der Waals surface area contributed by atoms with Gasteiger partial charge in [-0.2, -0.15) is 0 Å². The Bertz CT molecular complexity index is 562. The summed E-state index contributed by atoms with van der Waals surface area (Å²) in [6.07, 6.45) is 2.28. The first kappa shape index (κ1) is 23.2. The van der Waals surface area contributed by atoms with Crippen LogP contribution in [0.25, 0.3) is 0 Å². The van der Waals surface area contributed by atoms with E-state index >= 15 is 0 Å². The van der Waals surface area contributed by atoms with Crippen molar-refractivity contribution >= 4 is 29.9 Å². The van der Waals surface area contributed by atoms with Gasteiger partial charge in [-0.1, -0.05) is 24.3 Å². The van der Waals surface area contributed by atoms with Gasteiger partial charge in [0.15, 0.2) is 5.96 Å². The second-order valence-electron chi connectivity index (χ2n) is 7.23. The first-order chi connectivity index (χ1) is 12.0. The van der Waals surface area contributed by atoms with E-state index in [0.29, 0.717) is 6.54 Å². The van der Waals surface area contributed by atoms with Crippen molar-refractivity contribution < 1.29 is 4.74 Å². The molecule has 5 nitrogen and oxygen atoms in total. The van der Waals surface area contributed by atoms with Crippen molar-refractivity contribution in [3.05, 3.63) is 35.4 Å². The minimum absolute atomic E-state index is 0. The zero-order valence-corrected chi connectivity index (χ0v) is 19.0. The summed E-state index contributed by atoms with van der Waals surface area (Å²) in [4.78, 5) is 7.17. The molecule has 26 heavy (non-hydrogen) atoms. The van der Waals surface area contributed by atoms with Gasteiger partial charge in [-0.15, -0.1) is 24.0 Å². The average Bonchev–Trinajstić information content (AvgIpc) is 2.63. The fourth-order valence-electron chi connectivity index (χ4n) is 2.93. The molecular formula is C20H35IN4O. The van der Waals surface area contributed by atoms with Crippen molar-refractivity contribution in [1.29, 1.82) is 0 Å². The lowest BCUT2D eigenvalue weighted by molar-refractivity contribution is 0.0310. The van der Waals surface area contributed by atoms with E-state index in [4.69, 9.17) is 4.74 Å². The number of nitrogens with one attached hydrogen (secondary N) is 2. The number of nitrogens with zero attached hydrogens (tertiary/aromatic N) is 2. The smallest absolute Gasteiger partial charge is 0.191 e. The molecule has 0 radical (unpaired) electrons. The molecule has 0 amide bonds. The number of halogens is 1. The quantitative estimate of drug-likeness (QED) is 0.263. The molecule has 148 valence electrons. The fraction of sp³-hybridized carbons (Fsp3) is 0.650. The zero-order valence-electron chi connectivity index (χ0n) is 16.7. The van der Waals surface area contributed by atoms with Crippen molar-refractivity contribution in [3.8, 4) is 0 Å².